The highest BCUT2D eigenvalue weighted by molar-refractivity contribution is 6.30. The Hall–Kier alpha value is -2.36. The number of carbonyl (C=O) groups is 1. The number of hydrogen-bond donors (Lipinski definition) is 4. The van der Waals surface area contributed by atoms with Gasteiger partial charge in [-0.2, -0.15) is 0 Å². The average molecular weight is 491 g/mol. The molecule has 1 fully saturated rings. The summed E-state index contributed by atoms with van der Waals surface area (Å²) in [5.74, 6) is -0.296. The van der Waals surface area contributed by atoms with Crippen LogP contribution in [0.25, 0.3) is 0 Å². The number of aromatic hydroxyl groups is 1. The number of aliphatic hydroxyl groups is 2. The van der Waals surface area contributed by atoms with Gasteiger partial charge in [0.05, 0.1) is 24.4 Å². The molecule has 184 valence electrons. The van der Waals surface area contributed by atoms with E-state index in [1.807, 2.05) is 12.1 Å². The van der Waals surface area contributed by atoms with Crippen molar-refractivity contribution in [2.75, 3.05) is 32.8 Å². The monoisotopic (exact) mass is 490 g/mol. The summed E-state index contributed by atoms with van der Waals surface area (Å²) in [5, 5.41) is 32.9. The number of hydrogen-bond acceptors (Lipinski definition) is 7. The Morgan fingerprint density at radius 2 is 2.03 bits per heavy atom. The predicted octanol–water partition coefficient (Wildman–Crippen LogP) is 2.42. The van der Waals surface area contributed by atoms with Gasteiger partial charge in [0.25, 0.3) is 5.91 Å². The molecule has 8 nitrogen and oxygen atoms in total. The van der Waals surface area contributed by atoms with Gasteiger partial charge in [0.1, 0.15) is 24.2 Å². The standard InChI is InChI=1S/C25H31ClN2O6/c1-16(13-29)27-24(32)21-4-3-19(30)11-23(21)33-15-20(31)12-28-8-6-25(7-9-28)22-5-2-18(26)10-17(22)14-34-25/h2-5,10-11,16,20,29-31H,6-9,12-15H2,1H3,(H,27,32)/t16?,20-/m0/s1. The summed E-state index contributed by atoms with van der Waals surface area (Å²) in [7, 11) is 0. The van der Waals surface area contributed by atoms with Crippen LogP contribution in [0, 0.1) is 0 Å². The SMILES string of the molecule is CC(CO)NC(=O)c1ccc(O)cc1OC[C@@H](O)CN1CCC2(CC1)OCc1cc(Cl)ccc12. The number of aliphatic hydroxyl groups excluding tert-OH is 2. The number of rotatable bonds is 8. The Kier molecular flexibility index (Phi) is 7.64. The highest BCUT2D eigenvalue weighted by Gasteiger charge is 2.42. The van der Waals surface area contributed by atoms with Crippen LogP contribution in [0.15, 0.2) is 36.4 Å². The number of nitrogens with zero attached hydrogens (tertiary/aromatic N) is 1. The lowest BCUT2D eigenvalue weighted by Crippen LogP contribution is -2.46. The molecular weight excluding hydrogens is 460 g/mol. The normalized spacial score (nSPS) is 18.9. The van der Waals surface area contributed by atoms with E-state index < -0.39 is 18.1 Å². The van der Waals surface area contributed by atoms with Gasteiger partial charge < -0.3 is 35.0 Å². The number of piperidine rings is 1. The Balaban J connectivity index is 1.31. The number of phenols is 1. The minimum Gasteiger partial charge on any atom is -0.508 e. The lowest BCUT2D eigenvalue weighted by atomic mass is 9.84. The number of amides is 1. The van der Waals surface area contributed by atoms with Gasteiger partial charge in [0, 0.05) is 36.8 Å². The molecule has 4 rings (SSSR count). The van der Waals surface area contributed by atoms with Crippen molar-refractivity contribution in [2.45, 2.75) is 44.1 Å². The smallest absolute Gasteiger partial charge is 0.255 e. The molecule has 0 radical (unpaired) electrons. The number of benzene rings is 2. The van der Waals surface area contributed by atoms with Crippen LogP contribution in [0.3, 0.4) is 0 Å². The molecule has 0 saturated carbocycles. The molecule has 2 aliphatic heterocycles. The zero-order chi connectivity index (χ0) is 24.3. The maximum atomic E-state index is 12.5. The predicted molar refractivity (Wildman–Crippen MR) is 127 cm³/mol. The molecule has 4 N–H and O–H groups in total. The third-order valence-electron chi connectivity index (χ3n) is 6.49. The maximum absolute atomic E-state index is 12.5. The largest absolute Gasteiger partial charge is 0.508 e. The van der Waals surface area contributed by atoms with Gasteiger partial charge in [0.2, 0.25) is 0 Å². The molecule has 2 heterocycles. The third kappa shape index (κ3) is 5.47. The van der Waals surface area contributed by atoms with Crippen molar-refractivity contribution in [3.05, 3.63) is 58.1 Å². The van der Waals surface area contributed by atoms with Crippen LogP contribution in [0.1, 0.15) is 41.3 Å². The van der Waals surface area contributed by atoms with Gasteiger partial charge in [-0.15, -0.1) is 0 Å². The van der Waals surface area contributed by atoms with Gasteiger partial charge in [0.15, 0.2) is 0 Å². The second-order valence-electron chi connectivity index (χ2n) is 9.09. The van der Waals surface area contributed by atoms with E-state index in [-0.39, 0.29) is 35.9 Å². The molecule has 1 unspecified atom stereocenters. The first-order valence-corrected chi connectivity index (χ1v) is 11.9. The first kappa shape index (κ1) is 24.8. The molecule has 2 aromatic carbocycles. The molecule has 1 amide bonds. The number of phenolic OH excluding ortho intramolecular Hbond substituents is 1. The van der Waals surface area contributed by atoms with Gasteiger partial charge in [-0.1, -0.05) is 17.7 Å². The summed E-state index contributed by atoms with van der Waals surface area (Å²) in [6.45, 7) is 4.00. The topological polar surface area (TPSA) is 111 Å². The van der Waals surface area contributed by atoms with E-state index in [9.17, 15) is 15.0 Å². The number of fused-ring (bicyclic) bond motifs is 2. The van der Waals surface area contributed by atoms with Gasteiger partial charge in [-0.25, -0.2) is 0 Å². The fourth-order valence-electron chi connectivity index (χ4n) is 4.63. The number of ether oxygens (including phenoxy) is 2. The number of likely N-dealkylation sites (tertiary alicyclic amines) is 1. The Bertz CT molecular complexity index is 1020. The fourth-order valence-corrected chi connectivity index (χ4v) is 4.83. The first-order valence-electron chi connectivity index (χ1n) is 11.5. The zero-order valence-corrected chi connectivity index (χ0v) is 19.9. The van der Waals surface area contributed by atoms with E-state index in [4.69, 9.17) is 26.2 Å². The van der Waals surface area contributed by atoms with Crippen molar-refractivity contribution in [3.63, 3.8) is 0 Å². The minimum atomic E-state index is -0.778. The van der Waals surface area contributed by atoms with E-state index in [1.165, 1.54) is 23.8 Å². The number of β-amino-alcohol motifs (C(OH)–C–C–N with tert-alkyl or cyclic N) is 1. The maximum Gasteiger partial charge on any atom is 0.255 e. The average Bonchev–Trinajstić information content (AvgIpc) is 3.16. The molecule has 1 spiro atoms. The molecule has 1 saturated heterocycles. The lowest BCUT2D eigenvalue weighted by molar-refractivity contribution is -0.0835. The summed E-state index contributed by atoms with van der Waals surface area (Å²) < 4.78 is 11.9. The lowest BCUT2D eigenvalue weighted by Gasteiger charge is -2.39. The summed E-state index contributed by atoms with van der Waals surface area (Å²) in [4.78, 5) is 14.6. The van der Waals surface area contributed by atoms with Crippen molar-refractivity contribution in [1.29, 1.82) is 0 Å². The Morgan fingerprint density at radius 3 is 2.76 bits per heavy atom. The summed E-state index contributed by atoms with van der Waals surface area (Å²) >= 11 is 6.12. The van der Waals surface area contributed by atoms with Crippen LogP contribution >= 0.6 is 11.6 Å². The second kappa shape index (κ2) is 10.5. The van der Waals surface area contributed by atoms with Crippen molar-refractivity contribution in [1.82, 2.24) is 10.2 Å². The molecule has 0 aromatic heterocycles. The van der Waals surface area contributed by atoms with Crippen LogP contribution in [0.4, 0.5) is 0 Å². The number of halogens is 1. The molecule has 2 aromatic rings. The van der Waals surface area contributed by atoms with Crippen LogP contribution in [0.2, 0.25) is 5.02 Å². The number of nitrogens with one attached hydrogen (secondary N) is 1. The van der Waals surface area contributed by atoms with E-state index in [0.717, 1.165) is 36.5 Å². The molecule has 0 aliphatic carbocycles. The summed E-state index contributed by atoms with van der Waals surface area (Å²) in [6, 6.07) is 9.71. The van der Waals surface area contributed by atoms with E-state index in [2.05, 4.69) is 16.3 Å². The highest BCUT2D eigenvalue weighted by Crippen LogP contribution is 2.44. The number of carbonyl (C=O) groups excluding carboxylic acids is 1. The van der Waals surface area contributed by atoms with E-state index in [0.29, 0.717) is 13.2 Å². The minimum absolute atomic E-state index is 0.0290. The van der Waals surface area contributed by atoms with Crippen LogP contribution in [-0.2, 0) is 16.9 Å². The van der Waals surface area contributed by atoms with Gasteiger partial charge >= 0.3 is 0 Å². The third-order valence-corrected chi connectivity index (χ3v) is 6.72. The highest BCUT2D eigenvalue weighted by atomic mass is 35.5. The molecule has 34 heavy (non-hydrogen) atoms. The van der Waals surface area contributed by atoms with Crippen molar-refractivity contribution < 1.29 is 29.6 Å². The first-order chi connectivity index (χ1) is 16.3. The quantitative estimate of drug-likeness (QED) is 0.449. The zero-order valence-electron chi connectivity index (χ0n) is 19.2. The van der Waals surface area contributed by atoms with Crippen molar-refractivity contribution >= 4 is 17.5 Å². The van der Waals surface area contributed by atoms with Crippen LogP contribution < -0.4 is 10.1 Å². The Labute approximate surface area is 204 Å². The second-order valence-corrected chi connectivity index (χ2v) is 9.52. The molecule has 2 atom stereocenters. The molecular formula is C25H31ClN2O6. The van der Waals surface area contributed by atoms with Gasteiger partial charge in [-0.05, 0) is 55.2 Å². The Morgan fingerprint density at radius 1 is 1.26 bits per heavy atom. The molecule has 9 heteroatoms. The molecule has 0 bridgehead atoms. The van der Waals surface area contributed by atoms with Crippen molar-refractivity contribution in [2.24, 2.45) is 0 Å². The van der Waals surface area contributed by atoms with E-state index >= 15 is 0 Å². The summed E-state index contributed by atoms with van der Waals surface area (Å²) in [5.41, 5.74) is 2.30. The summed E-state index contributed by atoms with van der Waals surface area (Å²) in [6.07, 6.45) is 0.879. The van der Waals surface area contributed by atoms with Gasteiger partial charge in [-0.3, -0.25) is 4.79 Å². The fraction of sp³-hybridized carbons (Fsp3) is 0.480. The van der Waals surface area contributed by atoms with Crippen LogP contribution in [0.5, 0.6) is 11.5 Å². The molecule has 2 aliphatic rings. The van der Waals surface area contributed by atoms with Crippen LogP contribution in [-0.4, -0.2) is 71.1 Å². The van der Waals surface area contributed by atoms with Crippen molar-refractivity contribution in [3.8, 4) is 11.5 Å². The van der Waals surface area contributed by atoms with E-state index in [1.54, 1.807) is 6.92 Å².